The van der Waals surface area contributed by atoms with Crippen molar-refractivity contribution in [3.8, 4) is 0 Å². The molecule has 0 aromatic rings. The van der Waals surface area contributed by atoms with Crippen LogP contribution in [0.3, 0.4) is 0 Å². The first-order chi connectivity index (χ1) is 4.43. The first kappa shape index (κ1) is 7.42. The van der Waals surface area contributed by atoms with Gasteiger partial charge in [0, 0.05) is 6.61 Å². The van der Waals surface area contributed by atoms with Gasteiger partial charge < -0.3 is 5.11 Å². The Kier molecular flexibility index (Phi) is 3.44. The Labute approximate surface area is 60.8 Å². The third-order valence-corrected chi connectivity index (χ3v) is 2.52. The van der Waals surface area contributed by atoms with Crippen LogP contribution < -0.4 is 0 Å². The highest BCUT2D eigenvalue weighted by Crippen LogP contribution is 2.28. The summed E-state index contributed by atoms with van der Waals surface area (Å²) in [5, 5.41) is 8.57. The Morgan fingerprint density at radius 1 is 1.67 bits per heavy atom. The van der Waals surface area contributed by atoms with Crippen molar-refractivity contribution < 1.29 is 5.11 Å². The monoisotopic (exact) mass is 144 g/mol. The second-order valence-electron chi connectivity index (χ2n) is 2.32. The summed E-state index contributed by atoms with van der Waals surface area (Å²) in [6, 6.07) is 0. The normalized spacial score (nSPS) is 28.3. The third kappa shape index (κ3) is 2.59. The van der Waals surface area contributed by atoms with Crippen LogP contribution in [0.2, 0.25) is 0 Å². The molecule has 1 unspecified atom stereocenters. The minimum absolute atomic E-state index is 0.318. The lowest BCUT2D eigenvalue weighted by atomic mass is 10.0. The van der Waals surface area contributed by atoms with Crippen LogP contribution in [0.15, 0.2) is 0 Å². The quantitative estimate of drug-likeness (QED) is 0.634. The molecule has 0 aliphatic carbocycles. The van der Waals surface area contributed by atoms with E-state index in [1.807, 2.05) is 0 Å². The van der Waals surface area contributed by atoms with Crippen LogP contribution in [0.25, 0.3) is 0 Å². The van der Waals surface area contributed by atoms with Crippen molar-refractivity contribution in [3.05, 3.63) is 5.75 Å². The highest BCUT2D eigenvalue weighted by atomic mass is 32.2. The van der Waals surface area contributed by atoms with Gasteiger partial charge >= 0.3 is 0 Å². The van der Waals surface area contributed by atoms with E-state index in [-0.39, 0.29) is 0 Å². The van der Waals surface area contributed by atoms with Gasteiger partial charge in [-0.3, -0.25) is 0 Å². The van der Waals surface area contributed by atoms with E-state index < -0.39 is 0 Å². The third-order valence-electron chi connectivity index (χ3n) is 1.53. The van der Waals surface area contributed by atoms with Crippen LogP contribution in [-0.4, -0.2) is 17.5 Å². The first-order valence-electron chi connectivity index (χ1n) is 3.41. The molecule has 1 aliphatic rings. The van der Waals surface area contributed by atoms with Gasteiger partial charge in [0.1, 0.15) is 0 Å². The molecule has 0 amide bonds. The van der Waals surface area contributed by atoms with Gasteiger partial charge in [-0.15, -0.1) is 0 Å². The number of aliphatic hydroxyl groups excluding tert-OH is 1. The first-order valence-corrected chi connectivity index (χ1v) is 4.40. The predicted octanol–water partition coefficient (Wildman–Crippen LogP) is 1.55. The second-order valence-corrected chi connectivity index (χ2v) is 3.25. The fourth-order valence-corrected chi connectivity index (χ4v) is 1.90. The predicted molar refractivity (Wildman–Crippen MR) is 40.1 cm³/mol. The molecule has 1 fully saturated rings. The summed E-state index contributed by atoms with van der Waals surface area (Å²) in [7, 11) is 0. The lowest BCUT2D eigenvalue weighted by Gasteiger charge is -2.18. The lowest BCUT2D eigenvalue weighted by Crippen LogP contribution is -2.07. The lowest BCUT2D eigenvalue weighted by molar-refractivity contribution is 0.264. The van der Waals surface area contributed by atoms with E-state index in [0.717, 1.165) is 6.42 Å². The summed E-state index contributed by atoms with van der Waals surface area (Å²) >= 11 is 1.78. The van der Waals surface area contributed by atoms with E-state index >= 15 is 0 Å². The van der Waals surface area contributed by atoms with E-state index in [4.69, 9.17) is 5.11 Å². The molecule has 0 aromatic carbocycles. The van der Waals surface area contributed by atoms with Gasteiger partial charge in [-0.05, 0) is 30.9 Å². The summed E-state index contributed by atoms with van der Waals surface area (Å²) in [6.45, 7) is 0.318. The van der Waals surface area contributed by atoms with Gasteiger partial charge in [0.05, 0.1) is 5.75 Å². The number of aliphatic hydroxyl groups is 1. The van der Waals surface area contributed by atoms with Crippen molar-refractivity contribution in [2.75, 3.05) is 12.4 Å². The highest BCUT2D eigenvalue weighted by molar-refractivity contribution is 8.01. The topological polar surface area (TPSA) is 20.2 Å². The van der Waals surface area contributed by atoms with E-state index in [1.165, 1.54) is 18.6 Å². The van der Waals surface area contributed by atoms with Gasteiger partial charge in [0.2, 0.25) is 0 Å². The molecule has 0 spiro atoms. The average Bonchev–Trinajstić information content (AvgIpc) is 1.91. The van der Waals surface area contributed by atoms with Crippen LogP contribution in [0.4, 0.5) is 0 Å². The largest absolute Gasteiger partial charge is 0.396 e. The minimum atomic E-state index is 0.318. The molecule has 1 atom stereocenters. The summed E-state index contributed by atoms with van der Waals surface area (Å²) in [5.74, 6) is 5.06. The smallest absolute Gasteiger partial charge is 0.0515 e. The van der Waals surface area contributed by atoms with E-state index in [1.54, 1.807) is 11.8 Å². The number of thioether (sulfide) groups is 1. The average molecular weight is 144 g/mol. The zero-order valence-electron chi connectivity index (χ0n) is 5.47. The van der Waals surface area contributed by atoms with E-state index in [2.05, 4.69) is 5.75 Å². The molecular weight excluding hydrogens is 132 g/mol. The number of hydrogen-bond acceptors (Lipinski definition) is 2. The molecule has 2 radical (unpaired) electrons. The zero-order chi connectivity index (χ0) is 6.53. The maximum atomic E-state index is 8.57. The van der Waals surface area contributed by atoms with Gasteiger partial charge in [-0.2, -0.15) is 11.8 Å². The molecule has 2 heteroatoms. The molecule has 1 rings (SSSR count). The molecule has 9 heavy (non-hydrogen) atoms. The van der Waals surface area contributed by atoms with Gasteiger partial charge in [0.25, 0.3) is 0 Å². The summed E-state index contributed by atoms with van der Waals surface area (Å²) < 4.78 is 0. The van der Waals surface area contributed by atoms with Crippen molar-refractivity contribution in [3.63, 3.8) is 0 Å². The Bertz CT molecular complexity index is 66.6. The summed E-state index contributed by atoms with van der Waals surface area (Å²) in [6.07, 6.45) is 3.43. The van der Waals surface area contributed by atoms with Crippen molar-refractivity contribution in [1.82, 2.24) is 0 Å². The maximum Gasteiger partial charge on any atom is 0.0515 e. The van der Waals surface area contributed by atoms with Crippen LogP contribution in [0, 0.1) is 11.7 Å². The maximum absolute atomic E-state index is 8.57. The molecule has 1 aliphatic heterocycles. The molecule has 52 valence electrons. The fraction of sp³-hybridized carbons (Fsp3) is 0.857. The Morgan fingerprint density at radius 2 is 2.56 bits per heavy atom. The summed E-state index contributed by atoms with van der Waals surface area (Å²) in [5.41, 5.74) is 0. The Hall–Kier alpha value is 0.310. The molecule has 0 bridgehead atoms. The Morgan fingerprint density at radius 3 is 3.11 bits per heavy atom. The van der Waals surface area contributed by atoms with Crippen molar-refractivity contribution in [2.45, 2.75) is 19.3 Å². The SMILES string of the molecule is OCCC1[C]SCCC1. The molecule has 1 heterocycles. The molecular formula is C7H12OS. The summed E-state index contributed by atoms with van der Waals surface area (Å²) in [4.78, 5) is 0. The van der Waals surface area contributed by atoms with Crippen LogP contribution in [-0.2, 0) is 0 Å². The van der Waals surface area contributed by atoms with Crippen molar-refractivity contribution in [2.24, 2.45) is 5.92 Å². The number of rotatable bonds is 2. The molecule has 0 saturated carbocycles. The van der Waals surface area contributed by atoms with Crippen molar-refractivity contribution in [1.29, 1.82) is 0 Å². The molecule has 1 saturated heterocycles. The highest BCUT2D eigenvalue weighted by Gasteiger charge is 2.13. The van der Waals surface area contributed by atoms with E-state index in [0.29, 0.717) is 12.5 Å². The van der Waals surface area contributed by atoms with Crippen molar-refractivity contribution >= 4 is 11.8 Å². The Balaban J connectivity index is 2.08. The second kappa shape index (κ2) is 4.18. The fourth-order valence-electron chi connectivity index (χ4n) is 0.997. The standard InChI is InChI=1S/C7H12OS/c8-4-3-7-2-1-5-9-6-7/h7-8H,1-5H2. The zero-order valence-corrected chi connectivity index (χ0v) is 6.28. The van der Waals surface area contributed by atoms with Crippen LogP contribution in [0.1, 0.15) is 19.3 Å². The molecule has 1 N–H and O–H groups in total. The molecule has 1 nitrogen and oxygen atoms in total. The minimum Gasteiger partial charge on any atom is -0.396 e. The van der Waals surface area contributed by atoms with E-state index in [9.17, 15) is 0 Å². The van der Waals surface area contributed by atoms with Gasteiger partial charge in [-0.25, -0.2) is 0 Å². The molecule has 0 aromatic heterocycles. The van der Waals surface area contributed by atoms with Gasteiger partial charge in [0.15, 0.2) is 0 Å². The van der Waals surface area contributed by atoms with Crippen LogP contribution >= 0.6 is 11.8 Å². The van der Waals surface area contributed by atoms with Crippen LogP contribution in [0.5, 0.6) is 0 Å². The number of hydrogen-bond donors (Lipinski definition) is 1. The van der Waals surface area contributed by atoms with Gasteiger partial charge in [-0.1, -0.05) is 0 Å².